The summed E-state index contributed by atoms with van der Waals surface area (Å²) in [6, 6.07) is 27.3. The van der Waals surface area contributed by atoms with E-state index in [2.05, 4.69) is 12.2 Å². The molecule has 3 aromatic carbocycles. The topological polar surface area (TPSA) is 41.6 Å². The SMILES string of the molecule is CCc1ccccc1OCNC(=O)N(Cc1ccccc1)c1ccccc1. The third-order valence-corrected chi connectivity index (χ3v) is 4.30. The highest BCUT2D eigenvalue weighted by Crippen LogP contribution is 2.19. The van der Waals surface area contributed by atoms with Gasteiger partial charge in [0.15, 0.2) is 6.73 Å². The number of carbonyl (C=O) groups is 1. The van der Waals surface area contributed by atoms with Crippen LogP contribution in [0.5, 0.6) is 5.75 Å². The Morgan fingerprint density at radius 3 is 2.22 bits per heavy atom. The molecule has 0 aromatic heterocycles. The Hall–Kier alpha value is -3.27. The van der Waals surface area contributed by atoms with Crippen LogP contribution in [0.1, 0.15) is 18.1 Å². The van der Waals surface area contributed by atoms with Gasteiger partial charge in [-0.05, 0) is 35.7 Å². The molecular formula is C23H24N2O2. The predicted octanol–water partition coefficient (Wildman–Crippen LogP) is 5.00. The van der Waals surface area contributed by atoms with Crippen molar-refractivity contribution in [2.24, 2.45) is 0 Å². The maximum Gasteiger partial charge on any atom is 0.324 e. The molecule has 0 radical (unpaired) electrons. The van der Waals surface area contributed by atoms with Crippen LogP contribution >= 0.6 is 0 Å². The molecule has 4 nitrogen and oxygen atoms in total. The Balaban J connectivity index is 1.67. The molecule has 0 aliphatic rings. The van der Waals surface area contributed by atoms with Gasteiger partial charge in [0.1, 0.15) is 5.75 Å². The summed E-state index contributed by atoms with van der Waals surface area (Å²) in [6.07, 6.45) is 0.883. The van der Waals surface area contributed by atoms with Gasteiger partial charge in [0.2, 0.25) is 0 Å². The van der Waals surface area contributed by atoms with Gasteiger partial charge in [-0.1, -0.05) is 73.7 Å². The fraction of sp³-hybridized carbons (Fsp3) is 0.174. The molecule has 0 atom stereocenters. The normalized spacial score (nSPS) is 10.3. The van der Waals surface area contributed by atoms with Crippen molar-refractivity contribution in [3.05, 3.63) is 96.1 Å². The summed E-state index contributed by atoms with van der Waals surface area (Å²) in [4.78, 5) is 14.5. The monoisotopic (exact) mass is 360 g/mol. The molecule has 0 aliphatic heterocycles. The van der Waals surface area contributed by atoms with Gasteiger partial charge in [-0.3, -0.25) is 4.90 Å². The van der Waals surface area contributed by atoms with Gasteiger partial charge < -0.3 is 10.1 Å². The molecule has 27 heavy (non-hydrogen) atoms. The molecule has 4 heteroatoms. The maximum absolute atomic E-state index is 12.8. The molecule has 0 bridgehead atoms. The number of hydrogen-bond donors (Lipinski definition) is 1. The van der Waals surface area contributed by atoms with Crippen molar-refractivity contribution in [3.63, 3.8) is 0 Å². The van der Waals surface area contributed by atoms with Gasteiger partial charge in [-0.2, -0.15) is 0 Å². The van der Waals surface area contributed by atoms with Gasteiger partial charge in [0, 0.05) is 5.69 Å². The summed E-state index contributed by atoms with van der Waals surface area (Å²) in [5.41, 5.74) is 3.03. The molecule has 0 unspecified atom stereocenters. The van der Waals surface area contributed by atoms with Gasteiger partial charge >= 0.3 is 6.03 Å². The molecule has 0 saturated carbocycles. The Kier molecular flexibility index (Phi) is 6.47. The zero-order chi connectivity index (χ0) is 18.9. The minimum Gasteiger partial charge on any atom is -0.473 e. The third kappa shape index (κ3) is 5.11. The lowest BCUT2D eigenvalue weighted by Gasteiger charge is -2.23. The first-order chi connectivity index (χ1) is 13.3. The van der Waals surface area contributed by atoms with Crippen molar-refractivity contribution in [1.29, 1.82) is 0 Å². The lowest BCUT2D eigenvalue weighted by atomic mass is 10.1. The van der Waals surface area contributed by atoms with E-state index in [9.17, 15) is 4.79 Å². The summed E-state index contributed by atoms with van der Waals surface area (Å²) in [6.45, 7) is 2.69. The Morgan fingerprint density at radius 1 is 0.889 bits per heavy atom. The lowest BCUT2D eigenvalue weighted by Crippen LogP contribution is -2.41. The molecule has 0 aliphatic carbocycles. The second kappa shape index (κ2) is 9.43. The predicted molar refractivity (Wildman–Crippen MR) is 109 cm³/mol. The summed E-state index contributed by atoms with van der Waals surface area (Å²) in [5.74, 6) is 0.801. The minimum absolute atomic E-state index is 0.119. The number of amides is 2. The zero-order valence-corrected chi connectivity index (χ0v) is 15.5. The molecule has 3 rings (SSSR count). The standard InChI is InChI=1S/C23H24N2O2/c1-2-20-13-9-10-16-22(20)27-18-24-23(26)25(21-14-7-4-8-15-21)17-19-11-5-3-6-12-19/h3-16H,2,17-18H2,1H3,(H,24,26). The van der Waals surface area contributed by atoms with Crippen LogP contribution in [-0.2, 0) is 13.0 Å². The highest BCUT2D eigenvalue weighted by molar-refractivity contribution is 5.91. The summed E-state index contributed by atoms with van der Waals surface area (Å²) in [5, 5.41) is 2.87. The van der Waals surface area contributed by atoms with E-state index in [4.69, 9.17) is 4.74 Å². The number of nitrogens with one attached hydrogen (secondary N) is 1. The van der Waals surface area contributed by atoms with Crippen molar-refractivity contribution >= 4 is 11.7 Å². The van der Waals surface area contributed by atoms with E-state index in [1.165, 1.54) is 0 Å². The molecule has 0 spiro atoms. The lowest BCUT2D eigenvalue weighted by molar-refractivity contribution is 0.228. The van der Waals surface area contributed by atoms with E-state index in [0.717, 1.165) is 29.0 Å². The number of aryl methyl sites for hydroxylation is 1. The molecule has 2 amide bonds. The number of para-hydroxylation sites is 2. The molecule has 0 saturated heterocycles. The quantitative estimate of drug-likeness (QED) is 0.602. The van der Waals surface area contributed by atoms with Gasteiger partial charge in [-0.25, -0.2) is 4.79 Å². The van der Waals surface area contributed by atoms with Crippen LogP contribution in [-0.4, -0.2) is 12.8 Å². The Labute approximate surface area is 160 Å². The number of carbonyl (C=O) groups excluding carboxylic acids is 1. The Bertz CT molecular complexity index is 851. The van der Waals surface area contributed by atoms with Crippen LogP contribution < -0.4 is 15.0 Å². The van der Waals surface area contributed by atoms with Crippen LogP contribution in [0.2, 0.25) is 0 Å². The number of benzene rings is 3. The fourth-order valence-corrected chi connectivity index (χ4v) is 2.86. The summed E-state index contributed by atoms with van der Waals surface area (Å²) in [7, 11) is 0. The number of hydrogen-bond acceptors (Lipinski definition) is 2. The number of nitrogens with zero attached hydrogens (tertiary/aromatic N) is 1. The molecule has 138 valence electrons. The molecule has 3 aromatic rings. The summed E-state index contributed by atoms with van der Waals surface area (Å²) < 4.78 is 5.78. The molecular weight excluding hydrogens is 336 g/mol. The fourth-order valence-electron chi connectivity index (χ4n) is 2.86. The number of ether oxygens (including phenoxy) is 1. The molecule has 0 heterocycles. The van der Waals surface area contributed by atoms with E-state index < -0.39 is 0 Å². The minimum atomic E-state index is -0.195. The highest BCUT2D eigenvalue weighted by atomic mass is 16.5. The highest BCUT2D eigenvalue weighted by Gasteiger charge is 2.16. The van der Waals surface area contributed by atoms with Crippen LogP contribution in [0, 0.1) is 0 Å². The van der Waals surface area contributed by atoms with Crippen LogP contribution in [0.25, 0.3) is 0 Å². The summed E-state index contributed by atoms with van der Waals surface area (Å²) >= 11 is 0. The average Bonchev–Trinajstić information content (AvgIpc) is 2.73. The van der Waals surface area contributed by atoms with Crippen LogP contribution in [0.4, 0.5) is 10.5 Å². The van der Waals surface area contributed by atoms with E-state index in [0.29, 0.717) is 6.54 Å². The van der Waals surface area contributed by atoms with Crippen molar-refractivity contribution in [1.82, 2.24) is 5.32 Å². The second-order valence-corrected chi connectivity index (χ2v) is 6.14. The Morgan fingerprint density at radius 2 is 1.52 bits per heavy atom. The average molecular weight is 360 g/mol. The van der Waals surface area contributed by atoms with Crippen molar-refractivity contribution in [2.75, 3.05) is 11.6 Å². The van der Waals surface area contributed by atoms with Crippen LogP contribution in [0.3, 0.4) is 0 Å². The first kappa shape index (κ1) is 18.5. The first-order valence-electron chi connectivity index (χ1n) is 9.13. The number of rotatable bonds is 7. The molecule has 0 fully saturated rings. The zero-order valence-electron chi connectivity index (χ0n) is 15.5. The van der Waals surface area contributed by atoms with E-state index >= 15 is 0 Å². The maximum atomic E-state index is 12.8. The van der Waals surface area contributed by atoms with E-state index in [-0.39, 0.29) is 12.8 Å². The van der Waals surface area contributed by atoms with Gasteiger partial charge in [-0.15, -0.1) is 0 Å². The number of urea groups is 1. The van der Waals surface area contributed by atoms with Gasteiger partial charge in [0.25, 0.3) is 0 Å². The van der Waals surface area contributed by atoms with E-state index in [1.807, 2.05) is 84.9 Å². The van der Waals surface area contributed by atoms with Crippen molar-refractivity contribution in [3.8, 4) is 5.75 Å². The second-order valence-electron chi connectivity index (χ2n) is 6.14. The third-order valence-electron chi connectivity index (χ3n) is 4.30. The first-order valence-corrected chi connectivity index (χ1v) is 9.13. The van der Waals surface area contributed by atoms with Gasteiger partial charge in [0.05, 0.1) is 6.54 Å². The molecule has 1 N–H and O–H groups in total. The number of anilines is 1. The van der Waals surface area contributed by atoms with Crippen molar-refractivity contribution < 1.29 is 9.53 Å². The van der Waals surface area contributed by atoms with E-state index in [1.54, 1.807) is 4.90 Å². The van der Waals surface area contributed by atoms with Crippen LogP contribution in [0.15, 0.2) is 84.9 Å². The van der Waals surface area contributed by atoms with Crippen molar-refractivity contribution in [2.45, 2.75) is 19.9 Å². The largest absolute Gasteiger partial charge is 0.473 e. The smallest absolute Gasteiger partial charge is 0.324 e.